The van der Waals surface area contributed by atoms with E-state index in [0.717, 1.165) is 6.54 Å². The fraction of sp³-hybridized carbons (Fsp3) is 0.125. The van der Waals surface area contributed by atoms with Crippen molar-refractivity contribution in [1.29, 1.82) is 0 Å². The predicted molar refractivity (Wildman–Crippen MR) is 83.8 cm³/mol. The first-order chi connectivity index (χ1) is 9.43. The summed E-state index contributed by atoms with van der Waals surface area (Å²) in [7, 11) is 0. The van der Waals surface area contributed by atoms with Crippen molar-refractivity contribution in [3.8, 4) is 0 Å². The summed E-state index contributed by atoms with van der Waals surface area (Å²) in [5.74, 6) is 0. The second kappa shape index (κ2) is 6.15. The molecule has 1 atom stereocenters. The summed E-state index contributed by atoms with van der Waals surface area (Å²) < 4.78 is 0. The summed E-state index contributed by atoms with van der Waals surface area (Å²) in [6, 6.07) is 17.4. The number of hydrogen-bond acceptors (Lipinski definition) is 3. The van der Waals surface area contributed by atoms with Crippen molar-refractivity contribution in [2.75, 3.05) is 0 Å². The van der Waals surface area contributed by atoms with Crippen LogP contribution in [0.25, 0.3) is 0 Å². The maximum absolute atomic E-state index is 3.66. The highest BCUT2D eigenvalue weighted by Crippen LogP contribution is 2.26. The molecule has 0 saturated heterocycles. The van der Waals surface area contributed by atoms with E-state index in [1.54, 1.807) is 22.7 Å². The maximum Gasteiger partial charge on any atom is 0.0673 e. The Morgan fingerprint density at radius 2 is 1.84 bits per heavy atom. The van der Waals surface area contributed by atoms with Gasteiger partial charge in [0, 0.05) is 11.4 Å². The van der Waals surface area contributed by atoms with Gasteiger partial charge in [-0.25, -0.2) is 0 Å². The van der Waals surface area contributed by atoms with E-state index in [2.05, 4.69) is 70.0 Å². The Labute approximate surface area is 121 Å². The average Bonchev–Trinajstić information content (AvgIpc) is 3.13. The summed E-state index contributed by atoms with van der Waals surface area (Å²) in [5.41, 5.74) is 2.67. The third-order valence-corrected chi connectivity index (χ3v) is 4.72. The van der Waals surface area contributed by atoms with E-state index < -0.39 is 0 Å². The Bertz CT molecular complexity index is 585. The molecule has 2 heterocycles. The van der Waals surface area contributed by atoms with Gasteiger partial charge in [-0.05, 0) is 39.4 Å². The lowest BCUT2D eigenvalue weighted by atomic mass is 10.1. The molecule has 0 bridgehead atoms. The van der Waals surface area contributed by atoms with Gasteiger partial charge in [0.15, 0.2) is 0 Å². The Balaban J connectivity index is 1.81. The summed E-state index contributed by atoms with van der Waals surface area (Å²) >= 11 is 3.55. The Hall–Kier alpha value is -1.42. The highest BCUT2D eigenvalue weighted by atomic mass is 32.1. The van der Waals surface area contributed by atoms with Crippen molar-refractivity contribution in [2.45, 2.75) is 12.6 Å². The molecular formula is C16H15NS2. The molecule has 19 heavy (non-hydrogen) atoms. The van der Waals surface area contributed by atoms with E-state index in [-0.39, 0.29) is 6.04 Å². The lowest BCUT2D eigenvalue weighted by molar-refractivity contribution is 0.614. The van der Waals surface area contributed by atoms with Crippen LogP contribution in [-0.2, 0) is 6.54 Å². The second-order valence-corrected chi connectivity index (χ2v) is 6.13. The van der Waals surface area contributed by atoms with Crippen LogP contribution in [0.15, 0.2) is 64.7 Å². The van der Waals surface area contributed by atoms with E-state index >= 15 is 0 Å². The van der Waals surface area contributed by atoms with E-state index in [4.69, 9.17) is 0 Å². The second-order valence-electron chi connectivity index (χ2n) is 4.37. The van der Waals surface area contributed by atoms with Gasteiger partial charge in [-0.2, -0.15) is 11.3 Å². The Morgan fingerprint density at radius 1 is 0.947 bits per heavy atom. The predicted octanol–water partition coefficient (Wildman–Crippen LogP) is 4.69. The molecule has 0 aliphatic carbocycles. The lowest BCUT2D eigenvalue weighted by Crippen LogP contribution is -2.20. The molecule has 0 spiro atoms. The van der Waals surface area contributed by atoms with Crippen molar-refractivity contribution >= 4 is 22.7 Å². The third kappa shape index (κ3) is 3.13. The van der Waals surface area contributed by atoms with Crippen LogP contribution >= 0.6 is 22.7 Å². The van der Waals surface area contributed by atoms with E-state index in [1.165, 1.54) is 16.0 Å². The number of nitrogens with one attached hydrogen (secondary N) is 1. The molecular weight excluding hydrogens is 270 g/mol. The highest BCUT2D eigenvalue weighted by molar-refractivity contribution is 7.10. The molecule has 0 radical (unpaired) electrons. The van der Waals surface area contributed by atoms with Gasteiger partial charge < -0.3 is 5.32 Å². The van der Waals surface area contributed by atoms with Crippen LogP contribution in [0.1, 0.15) is 22.0 Å². The lowest BCUT2D eigenvalue weighted by Gasteiger charge is -2.17. The zero-order valence-electron chi connectivity index (χ0n) is 10.5. The summed E-state index contributed by atoms with van der Waals surface area (Å²) in [4.78, 5) is 1.36. The minimum Gasteiger partial charge on any atom is -0.301 e. The van der Waals surface area contributed by atoms with E-state index in [1.807, 2.05) is 0 Å². The highest BCUT2D eigenvalue weighted by Gasteiger charge is 2.14. The minimum absolute atomic E-state index is 0.279. The first kappa shape index (κ1) is 12.6. The van der Waals surface area contributed by atoms with Crippen LogP contribution in [0.4, 0.5) is 0 Å². The Morgan fingerprint density at radius 3 is 2.53 bits per heavy atom. The zero-order chi connectivity index (χ0) is 12.9. The molecule has 3 rings (SSSR count). The van der Waals surface area contributed by atoms with Crippen LogP contribution in [-0.4, -0.2) is 0 Å². The molecule has 1 aromatic carbocycles. The fourth-order valence-electron chi connectivity index (χ4n) is 2.10. The first-order valence-electron chi connectivity index (χ1n) is 6.26. The monoisotopic (exact) mass is 285 g/mol. The number of thiophene rings is 2. The van der Waals surface area contributed by atoms with Gasteiger partial charge in [0.1, 0.15) is 0 Å². The maximum atomic E-state index is 3.66. The van der Waals surface area contributed by atoms with Crippen LogP contribution in [0.3, 0.4) is 0 Å². The van der Waals surface area contributed by atoms with Gasteiger partial charge in [0.25, 0.3) is 0 Å². The van der Waals surface area contributed by atoms with Crippen LogP contribution in [0.5, 0.6) is 0 Å². The molecule has 1 N–H and O–H groups in total. The SMILES string of the molecule is c1ccc(C(NCc2ccsc2)c2cccs2)cc1. The molecule has 2 aromatic heterocycles. The van der Waals surface area contributed by atoms with Crippen LogP contribution in [0.2, 0.25) is 0 Å². The van der Waals surface area contributed by atoms with E-state index in [9.17, 15) is 0 Å². The van der Waals surface area contributed by atoms with Gasteiger partial charge >= 0.3 is 0 Å². The molecule has 3 aromatic rings. The molecule has 0 aliphatic heterocycles. The normalized spacial score (nSPS) is 12.4. The zero-order valence-corrected chi connectivity index (χ0v) is 12.1. The van der Waals surface area contributed by atoms with Gasteiger partial charge in [-0.15, -0.1) is 11.3 Å². The van der Waals surface area contributed by atoms with Crippen molar-refractivity contribution in [3.05, 3.63) is 80.7 Å². The summed E-state index contributed by atoms with van der Waals surface area (Å²) in [6.45, 7) is 0.904. The van der Waals surface area contributed by atoms with Crippen molar-refractivity contribution < 1.29 is 0 Å². The number of hydrogen-bond donors (Lipinski definition) is 1. The molecule has 0 saturated carbocycles. The number of benzene rings is 1. The van der Waals surface area contributed by atoms with Gasteiger partial charge in [-0.1, -0.05) is 36.4 Å². The van der Waals surface area contributed by atoms with Crippen LogP contribution < -0.4 is 5.32 Å². The molecule has 0 fully saturated rings. The minimum atomic E-state index is 0.279. The van der Waals surface area contributed by atoms with Crippen molar-refractivity contribution in [2.24, 2.45) is 0 Å². The van der Waals surface area contributed by atoms with Gasteiger partial charge in [-0.3, -0.25) is 0 Å². The smallest absolute Gasteiger partial charge is 0.0673 e. The first-order valence-corrected chi connectivity index (χ1v) is 8.08. The quantitative estimate of drug-likeness (QED) is 0.717. The Kier molecular flexibility index (Phi) is 4.08. The molecule has 0 aliphatic rings. The topological polar surface area (TPSA) is 12.0 Å². The third-order valence-electron chi connectivity index (χ3n) is 3.05. The molecule has 1 nitrogen and oxygen atoms in total. The summed E-state index contributed by atoms with van der Waals surface area (Å²) in [6.07, 6.45) is 0. The van der Waals surface area contributed by atoms with E-state index in [0.29, 0.717) is 0 Å². The molecule has 0 amide bonds. The molecule has 3 heteroatoms. The number of rotatable bonds is 5. The standard InChI is InChI=1S/C16H15NS2/c1-2-5-14(6-3-1)16(15-7-4-9-19-15)17-11-13-8-10-18-12-13/h1-10,12,16-17H,11H2. The van der Waals surface area contributed by atoms with Crippen LogP contribution in [0, 0.1) is 0 Å². The van der Waals surface area contributed by atoms with Crippen molar-refractivity contribution in [1.82, 2.24) is 5.32 Å². The van der Waals surface area contributed by atoms with Gasteiger partial charge in [0.05, 0.1) is 6.04 Å². The molecule has 96 valence electrons. The average molecular weight is 285 g/mol. The summed E-state index contributed by atoms with van der Waals surface area (Å²) in [5, 5.41) is 10.1. The largest absolute Gasteiger partial charge is 0.301 e. The fourth-order valence-corrected chi connectivity index (χ4v) is 3.59. The molecule has 1 unspecified atom stereocenters. The van der Waals surface area contributed by atoms with Crippen molar-refractivity contribution in [3.63, 3.8) is 0 Å². The van der Waals surface area contributed by atoms with Gasteiger partial charge in [0.2, 0.25) is 0 Å².